The Morgan fingerprint density at radius 1 is 1.15 bits per heavy atom. The van der Waals surface area contributed by atoms with E-state index in [0.29, 0.717) is 11.3 Å². The first-order valence-corrected chi connectivity index (χ1v) is 5.65. The van der Waals surface area contributed by atoms with Crippen LogP contribution in [0.5, 0.6) is 5.75 Å². The van der Waals surface area contributed by atoms with Gasteiger partial charge in [-0.3, -0.25) is 14.8 Å². The van der Waals surface area contributed by atoms with Crippen molar-refractivity contribution in [2.75, 3.05) is 0 Å². The quantitative estimate of drug-likeness (QED) is 0.508. The van der Waals surface area contributed by atoms with Gasteiger partial charge in [0, 0.05) is 18.0 Å². The number of hydrogen-bond acceptors (Lipinski definition) is 5. The van der Waals surface area contributed by atoms with Gasteiger partial charge in [-0.1, -0.05) is 18.7 Å². The number of amides is 1. The Labute approximate surface area is 114 Å². The van der Waals surface area contributed by atoms with Crippen LogP contribution in [0.4, 0.5) is 0 Å². The van der Waals surface area contributed by atoms with Crippen LogP contribution in [0.2, 0.25) is 0 Å². The van der Waals surface area contributed by atoms with Gasteiger partial charge in [-0.05, 0) is 17.7 Å². The molecule has 0 aliphatic rings. The highest BCUT2D eigenvalue weighted by atomic mass is 16.5. The summed E-state index contributed by atoms with van der Waals surface area (Å²) in [7, 11) is 0. The first-order chi connectivity index (χ1) is 9.58. The maximum Gasteiger partial charge on any atom is 0.401 e. The number of esters is 1. The van der Waals surface area contributed by atoms with E-state index < -0.39 is 11.9 Å². The lowest BCUT2D eigenvalue weighted by Gasteiger charge is -2.06. The van der Waals surface area contributed by atoms with Gasteiger partial charge >= 0.3 is 11.9 Å². The molecule has 1 heterocycles. The maximum atomic E-state index is 11.0. The smallest absolute Gasteiger partial charge is 0.401 e. The standard InChI is InChI=1S/C14H11N3O3/c1-9(12-8-16-6-7-17-12)10-2-4-11(5-3-10)20-14(19)13(15)18/h2-8H,1H2,(H2,15,18). The van der Waals surface area contributed by atoms with Gasteiger partial charge in [0.15, 0.2) is 0 Å². The molecular formula is C14H11N3O3. The van der Waals surface area contributed by atoms with Gasteiger partial charge < -0.3 is 10.5 Å². The Bertz CT molecular complexity index is 651. The molecule has 2 N–H and O–H groups in total. The summed E-state index contributed by atoms with van der Waals surface area (Å²) in [5.41, 5.74) is 6.92. The van der Waals surface area contributed by atoms with Gasteiger partial charge in [-0.2, -0.15) is 0 Å². The molecule has 1 amide bonds. The van der Waals surface area contributed by atoms with E-state index in [1.165, 1.54) is 12.1 Å². The highest BCUT2D eigenvalue weighted by Gasteiger charge is 2.11. The van der Waals surface area contributed by atoms with E-state index in [9.17, 15) is 9.59 Å². The van der Waals surface area contributed by atoms with Crippen molar-refractivity contribution >= 4 is 17.4 Å². The number of nitrogens with zero attached hydrogens (tertiary/aromatic N) is 2. The molecule has 2 aromatic rings. The fourth-order valence-corrected chi connectivity index (χ4v) is 1.48. The normalized spacial score (nSPS) is 9.80. The molecule has 0 spiro atoms. The molecule has 20 heavy (non-hydrogen) atoms. The van der Waals surface area contributed by atoms with E-state index in [1.54, 1.807) is 30.7 Å². The third kappa shape index (κ3) is 3.05. The Kier molecular flexibility index (Phi) is 3.85. The van der Waals surface area contributed by atoms with Crippen LogP contribution >= 0.6 is 0 Å². The van der Waals surface area contributed by atoms with Crippen molar-refractivity contribution in [3.8, 4) is 5.75 Å². The summed E-state index contributed by atoms with van der Waals surface area (Å²) >= 11 is 0. The van der Waals surface area contributed by atoms with Crippen LogP contribution in [0.15, 0.2) is 49.4 Å². The summed E-state index contributed by atoms with van der Waals surface area (Å²) < 4.78 is 4.75. The van der Waals surface area contributed by atoms with E-state index in [-0.39, 0.29) is 5.75 Å². The lowest BCUT2D eigenvalue weighted by molar-refractivity contribution is -0.146. The lowest BCUT2D eigenvalue weighted by Crippen LogP contribution is -2.27. The van der Waals surface area contributed by atoms with Crippen molar-refractivity contribution in [2.24, 2.45) is 5.73 Å². The molecule has 0 fully saturated rings. The molecule has 6 heteroatoms. The molecule has 0 saturated carbocycles. The van der Waals surface area contributed by atoms with Crippen molar-refractivity contribution < 1.29 is 14.3 Å². The molecule has 0 saturated heterocycles. The lowest BCUT2D eigenvalue weighted by atomic mass is 10.1. The molecule has 0 unspecified atom stereocenters. The largest absolute Gasteiger partial charge is 0.419 e. The molecule has 100 valence electrons. The third-order valence-electron chi connectivity index (χ3n) is 2.49. The molecule has 0 radical (unpaired) electrons. The fourth-order valence-electron chi connectivity index (χ4n) is 1.48. The second-order valence-electron chi connectivity index (χ2n) is 3.85. The predicted octanol–water partition coefficient (Wildman–Crippen LogP) is 0.929. The summed E-state index contributed by atoms with van der Waals surface area (Å²) in [4.78, 5) is 29.7. The average Bonchev–Trinajstić information content (AvgIpc) is 2.48. The molecule has 1 aromatic carbocycles. The molecule has 0 aliphatic carbocycles. The third-order valence-corrected chi connectivity index (χ3v) is 2.49. The molecule has 1 aromatic heterocycles. The van der Waals surface area contributed by atoms with Gasteiger partial charge in [-0.25, -0.2) is 4.79 Å². The van der Waals surface area contributed by atoms with Crippen LogP contribution < -0.4 is 10.5 Å². The predicted molar refractivity (Wildman–Crippen MR) is 71.4 cm³/mol. The highest BCUT2D eigenvalue weighted by Crippen LogP contribution is 2.21. The average molecular weight is 269 g/mol. The van der Waals surface area contributed by atoms with E-state index in [0.717, 1.165) is 5.56 Å². The molecular weight excluding hydrogens is 258 g/mol. The van der Waals surface area contributed by atoms with Crippen molar-refractivity contribution in [1.82, 2.24) is 9.97 Å². The summed E-state index contributed by atoms with van der Waals surface area (Å²) in [5, 5.41) is 0. The fraction of sp³-hybridized carbons (Fsp3) is 0. The van der Waals surface area contributed by atoms with Crippen LogP contribution in [0, 0.1) is 0 Å². The van der Waals surface area contributed by atoms with Gasteiger partial charge in [0.05, 0.1) is 11.9 Å². The van der Waals surface area contributed by atoms with Gasteiger partial charge in [0.2, 0.25) is 0 Å². The number of aromatic nitrogens is 2. The number of rotatable bonds is 3. The molecule has 0 bridgehead atoms. The number of ether oxygens (including phenoxy) is 1. The topological polar surface area (TPSA) is 95.2 Å². The highest BCUT2D eigenvalue weighted by molar-refractivity contribution is 6.32. The van der Waals surface area contributed by atoms with Gasteiger partial charge in [0.1, 0.15) is 5.75 Å². The Balaban J connectivity index is 2.14. The number of nitrogens with two attached hydrogens (primary N) is 1. The number of carbonyl (C=O) groups excluding carboxylic acids is 2. The Hall–Kier alpha value is -3.02. The number of hydrogen-bond donors (Lipinski definition) is 1. The van der Waals surface area contributed by atoms with Crippen molar-refractivity contribution in [2.45, 2.75) is 0 Å². The van der Waals surface area contributed by atoms with Gasteiger partial charge in [-0.15, -0.1) is 0 Å². The summed E-state index contributed by atoms with van der Waals surface area (Å²) in [6.45, 7) is 3.93. The molecule has 6 nitrogen and oxygen atoms in total. The number of primary amides is 1. The zero-order valence-corrected chi connectivity index (χ0v) is 10.4. The molecule has 2 rings (SSSR count). The first kappa shape index (κ1) is 13.4. The van der Waals surface area contributed by atoms with Crippen LogP contribution in [0.1, 0.15) is 11.3 Å². The van der Waals surface area contributed by atoms with Crippen LogP contribution in [0.25, 0.3) is 5.57 Å². The van der Waals surface area contributed by atoms with Crippen LogP contribution in [-0.2, 0) is 9.59 Å². The zero-order valence-electron chi connectivity index (χ0n) is 10.4. The maximum absolute atomic E-state index is 11.0. The zero-order chi connectivity index (χ0) is 14.5. The van der Waals surface area contributed by atoms with E-state index in [4.69, 9.17) is 10.5 Å². The van der Waals surface area contributed by atoms with E-state index >= 15 is 0 Å². The minimum atomic E-state index is -1.14. The molecule has 0 atom stereocenters. The second-order valence-corrected chi connectivity index (χ2v) is 3.85. The number of benzene rings is 1. The minimum Gasteiger partial charge on any atom is -0.419 e. The summed E-state index contributed by atoms with van der Waals surface area (Å²) in [5.74, 6) is -2.02. The SMILES string of the molecule is C=C(c1ccc(OC(=O)C(N)=O)cc1)c1cnccn1. The minimum absolute atomic E-state index is 0.226. The summed E-state index contributed by atoms with van der Waals surface area (Å²) in [6, 6.07) is 6.47. The van der Waals surface area contributed by atoms with Crippen molar-refractivity contribution in [3.05, 3.63) is 60.7 Å². The second kappa shape index (κ2) is 5.75. The molecule has 0 aliphatic heterocycles. The Morgan fingerprint density at radius 2 is 1.85 bits per heavy atom. The van der Waals surface area contributed by atoms with Crippen LogP contribution in [-0.4, -0.2) is 21.8 Å². The van der Waals surface area contributed by atoms with Gasteiger partial charge in [0.25, 0.3) is 0 Å². The first-order valence-electron chi connectivity index (χ1n) is 5.65. The number of carbonyl (C=O) groups is 2. The Morgan fingerprint density at radius 3 is 2.40 bits per heavy atom. The van der Waals surface area contributed by atoms with Crippen LogP contribution in [0.3, 0.4) is 0 Å². The van der Waals surface area contributed by atoms with E-state index in [2.05, 4.69) is 16.5 Å². The van der Waals surface area contributed by atoms with Crippen molar-refractivity contribution in [1.29, 1.82) is 0 Å². The van der Waals surface area contributed by atoms with E-state index in [1.807, 2.05) is 0 Å². The van der Waals surface area contributed by atoms with Crippen molar-refractivity contribution in [3.63, 3.8) is 0 Å². The monoisotopic (exact) mass is 269 g/mol. The summed E-state index contributed by atoms with van der Waals surface area (Å²) in [6.07, 6.45) is 4.75.